The van der Waals surface area contributed by atoms with Gasteiger partial charge in [0.25, 0.3) is 0 Å². The zero-order valence-electron chi connectivity index (χ0n) is 16.3. The van der Waals surface area contributed by atoms with E-state index in [0.717, 1.165) is 35.7 Å². The van der Waals surface area contributed by atoms with Gasteiger partial charge in [-0.25, -0.2) is 9.67 Å². The molecule has 2 heterocycles. The Balaban J connectivity index is 0.00000261. The number of nitrogens with zero attached hydrogens (tertiary/aromatic N) is 4. The maximum Gasteiger partial charge on any atom is 0.191 e. The Morgan fingerprint density at radius 2 is 2.19 bits per heavy atom. The first-order valence-corrected chi connectivity index (χ1v) is 9.64. The van der Waals surface area contributed by atoms with E-state index in [0.29, 0.717) is 6.54 Å². The third kappa shape index (κ3) is 6.79. The van der Waals surface area contributed by atoms with Crippen molar-refractivity contribution in [2.45, 2.75) is 45.6 Å². The first kappa shape index (κ1) is 21.7. The highest BCUT2D eigenvalue weighted by atomic mass is 127. The van der Waals surface area contributed by atoms with Gasteiger partial charge in [0, 0.05) is 38.7 Å². The van der Waals surface area contributed by atoms with Crippen LogP contribution in [0.15, 0.2) is 41.8 Å². The highest BCUT2D eigenvalue weighted by Crippen LogP contribution is 2.30. The molecule has 27 heavy (non-hydrogen) atoms. The Bertz CT molecular complexity index is 700. The van der Waals surface area contributed by atoms with Crippen LogP contribution in [0, 0.1) is 11.8 Å². The van der Waals surface area contributed by atoms with Crippen molar-refractivity contribution in [3.8, 4) is 5.82 Å². The molecule has 2 aromatic rings. The molecule has 2 N–H and O–H groups in total. The summed E-state index contributed by atoms with van der Waals surface area (Å²) in [5.74, 6) is 3.43. The number of hydrogen-bond acceptors (Lipinski definition) is 3. The average molecular weight is 482 g/mol. The van der Waals surface area contributed by atoms with Gasteiger partial charge in [0.15, 0.2) is 11.8 Å². The maximum atomic E-state index is 4.36. The highest BCUT2D eigenvalue weighted by Gasteiger charge is 2.18. The predicted octanol–water partition coefficient (Wildman–Crippen LogP) is 3.77. The number of aliphatic imine (C=N–C) groups is 1. The highest BCUT2D eigenvalue weighted by molar-refractivity contribution is 14.0. The van der Waals surface area contributed by atoms with Crippen molar-refractivity contribution >= 4 is 29.9 Å². The van der Waals surface area contributed by atoms with Gasteiger partial charge < -0.3 is 10.6 Å². The summed E-state index contributed by atoms with van der Waals surface area (Å²) in [5, 5.41) is 11.1. The predicted molar refractivity (Wildman–Crippen MR) is 121 cm³/mol. The summed E-state index contributed by atoms with van der Waals surface area (Å²) in [6.45, 7) is 4.06. The molecule has 0 amide bonds. The van der Waals surface area contributed by atoms with E-state index in [9.17, 15) is 0 Å². The molecule has 0 bridgehead atoms. The van der Waals surface area contributed by atoms with E-state index in [2.05, 4.69) is 32.6 Å². The molecular weight excluding hydrogens is 451 g/mol. The van der Waals surface area contributed by atoms with E-state index in [4.69, 9.17) is 0 Å². The second-order valence-electron chi connectivity index (χ2n) is 7.25. The molecule has 0 saturated heterocycles. The van der Waals surface area contributed by atoms with Gasteiger partial charge in [-0.15, -0.1) is 24.0 Å². The number of pyridine rings is 1. The second kappa shape index (κ2) is 11.3. The molecule has 0 aromatic carbocycles. The van der Waals surface area contributed by atoms with Crippen molar-refractivity contribution in [3.05, 3.63) is 42.4 Å². The Kier molecular flexibility index (Phi) is 9.03. The summed E-state index contributed by atoms with van der Waals surface area (Å²) >= 11 is 0. The van der Waals surface area contributed by atoms with Crippen molar-refractivity contribution < 1.29 is 0 Å². The number of nitrogens with one attached hydrogen (secondary N) is 2. The Labute approximate surface area is 179 Å². The molecular formula is C20H31IN6. The van der Waals surface area contributed by atoms with E-state index in [1.54, 1.807) is 10.9 Å². The molecule has 2 unspecified atom stereocenters. The summed E-state index contributed by atoms with van der Waals surface area (Å²) in [5.41, 5.74) is 1.15. The topological polar surface area (TPSA) is 67.1 Å². The van der Waals surface area contributed by atoms with E-state index >= 15 is 0 Å². The lowest BCUT2D eigenvalue weighted by atomic mass is 9.81. The van der Waals surface area contributed by atoms with Crippen LogP contribution in [0.1, 0.15) is 44.6 Å². The Morgan fingerprint density at radius 3 is 2.93 bits per heavy atom. The fourth-order valence-electron chi connectivity index (χ4n) is 3.72. The largest absolute Gasteiger partial charge is 0.356 e. The molecule has 148 valence electrons. The molecule has 2 aromatic heterocycles. The molecule has 1 aliphatic rings. The van der Waals surface area contributed by atoms with Gasteiger partial charge in [0.05, 0.1) is 0 Å². The normalized spacial score (nSPS) is 20.0. The molecule has 1 fully saturated rings. The van der Waals surface area contributed by atoms with Gasteiger partial charge in [0.2, 0.25) is 0 Å². The summed E-state index contributed by atoms with van der Waals surface area (Å²) in [4.78, 5) is 8.70. The second-order valence-corrected chi connectivity index (χ2v) is 7.25. The lowest BCUT2D eigenvalue weighted by molar-refractivity contribution is 0.270. The quantitative estimate of drug-likeness (QED) is 0.374. The molecule has 2 atom stereocenters. The lowest BCUT2D eigenvalue weighted by Crippen LogP contribution is -2.38. The standard InChI is InChI=1S/C20H30N6.HI/c1-16-5-3-6-17(13-16)7-11-23-20(21-2)24-15-18-8-10-22-19(14-18)26-12-4-9-25-26;/h4,8-10,12,14,16-17H,3,5-7,11,13,15H2,1-2H3,(H2,21,23,24);1H. The number of rotatable bonds is 6. The number of hydrogen-bond donors (Lipinski definition) is 2. The van der Waals surface area contributed by atoms with E-state index in [1.807, 2.05) is 37.6 Å². The van der Waals surface area contributed by atoms with E-state index in [-0.39, 0.29) is 24.0 Å². The minimum absolute atomic E-state index is 0. The molecule has 7 heteroatoms. The van der Waals surface area contributed by atoms with Crippen molar-refractivity contribution in [3.63, 3.8) is 0 Å². The summed E-state index contributed by atoms with van der Waals surface area (Å²) < 4.78 is 1.77. The molecule has 1 aliphatic carbocycles. The van der Waals surface area contributed by atoms with Crippen LogP contribution in [0.3, 0.4) is 0 Å². The van der Waals surface area contributed by atoms with Crippen molar-refractivity contribution in [2.75, 3.05) is 13.6 Å². The minimum Gasteiger partial charge on any atom is -0.356 e. The maximum absolute atomic E-state index is 4.36. The third-order valence-electron chi connectivity index (χ3n) is 5.12. The van der Waals surface area contributed by atoms with Crippen LogP contribution < -0.4 is 10.6 Å². The Hall–Kier alpha value is -1.64. The smallest absolute Gasteiger partial charge is 0.191 e. The first-order valence-electron chi connectivity index (χ1n) is 9.64. The van der Waals surface area contributed by atoms with Crippen molar-refractivity contribution in [2.24, 2.45) is 16.8 Å². The van der Waals surface area contributed by atoms with Crippen molar-refractivity contribution in [1.29, 1.82) is 0 Å². The van der Waals surface area contributed by atoms with Gasteiger partial charge >= 0.3 is 0 Å². The van der Waals surface area contributed by atoms with Crippen LogP contribution in [0.25, 0.3) is 5.82 Å². The fourth-order valence-corrected chi connectivity index (χ4v) is 3.72. The van der Waals surface area contributed by atoms with Crippen LogP contribution in [-0.2, 0) is 6.54 Å². The summed E-state index contributed by atoms with van der Waals surface area (Å²) in [7, 11) is 1.82. The SMILES string of the molecule is CN=C(NCCC1CCCC(C)C1)NCc1ccnc(-n2cccn2)c1.I. The number of aromatic nitrogens is 3. The van der Waals surface area contributed by atoms with E-state index < -0.39 is 0 Å². The molecule has 3 rings (SSSR count). The molecule has 0 radical (unpaired) electrons. The third-order valence-corrected chi connectivity index (χ3v) is 5.12. The average Bonchev–Trinajstić information content (AvgIpc) is 3.20. The van der Waals surface area contributed by atoms with Crippen molar-refractivity contribution in [1.82, 2.24) is 25.4 Å². The minimum atomic E-state index is 0. The van der Waals surface area contributed by atoms with Crippen LogP contribution in [0.4, 0.5) is 0 Å². The fraction of sp³-hybridized carbons (Fsp3) is 0.550. The van der Waals surface area contributed by atoms with Crippen LogP contribution in [0.5, 0.6) is 0 Å². The number of guanidine groups is 1. The monoisotopic (exact) mass is 482 g/mol. The molecule has 6 nitrogen and oxygen atoms in total. The molecule has 0 aliphatic heterocycles. The molecule has 1 saturated carbocycles. The van der Waals surface area contributed by atoms with Gasteiger partial charge in [-0.1, -0.05) is 26.2 Å². The van der Waals surface area contributed by atoms with E-state index in [1.165, 1.54) is 32.1 Å². The van der Waals surface area contributed by atoms with Crippen LogP contribution >= 0.6 is 24.0 Å². The lowest BCUT2D eigenvalue weighted by Gasteiger charge is -2.26. The van der Waals surface area contributed by atoms with Gasteiger partial charge in [0.1, 0.15) is 0 Å². The van der Waals surface area contributed by atoms with Crippen LogP contribution in [-0.4, -0.2) is 34.3 Å². The summed E-state index contributed by atoms with van der Waals surface area (Å²) in [6, 6.07) is 5.94. The number of halogens is 1. The Morgan fingerprint density at radius 1 is 1.30 bits per heavy atom. The van der Waals surface area contributed by atoms with Gasteiger partial charge in [-0.3, -0.25) is 4.99 Å². The molecule has 0 spiro atoms. The van der Waals surface area contributed by atoms with Gasteiger partial charge in [-0.05, 0) is 48.4 Å². The zero-order chi connectivity index (χ0) is 18.2. The zero-order valence-corrected chi connectivity index (χ0v) is 18.6. The van der Waals surface area contributed by atoms with Crippen LogP contribution in [0.2, 0.25) is 0 Å². The van der Waals surface area contributed by atoms with Gasteiger partial charge in [-0.2, -0.15) is 5.10 Å². The summed E-state index contributed by atoms with van der Waals surface area (Å²) in [6.07, 6.45) is 12.2. The first-order chi connectivity index (χ1) is 12.7.